The van der Waals surface area contributed by atoms with Crippen LogP contribution in [-0.4, -0.2) is 60.4 Å². The Balaban J connectivity index is 1.15. The van der Waals surface area contributed by atoms with Gasteiger partial charge in [-0.2, -0.15) is 0 Å². The summed E-state index contributed by atoms with van der Waals surface area (Å²) < 4.78 is 24.4. The predicted molar refractivity (Wildman–Crippen MR) is 192 cm³/mol. The topological polar surface area (TPSA) is 127 Å². The molecule has 51 heavy (non-hydrogen) atoms. The minimum Gasteiger partial charge on any atom is -0.493 e. The van der Waals surface area contributed by atoms with Gasteiger partial charge in [0.2, 0.25) is 5.91 Å². The molecule has 10 heteroatoms. The van der Waals surface area contributed by atoms with Crippen molar-refractivity contribution in [3.63, 3.8) is 0 Å². The Kier molecular flexibility index (Phi) is 12.0. The lowest BCUT2D eigenvalue weighted by Crippen LogP contribution is -2.41. The van der Waals surface area contributed by atoms with Crippen LogP contribution in [-0.2, 0) is 45.2 Å². The minimum atomic E-state index is -0.899. The second-order valence-electron chi connectivity index (χ2n) is 13.2. The fraction of sp³-hybridized carbons (Fsp3) is 0.366. The Hall–Kier alpha value is -4.74. The van der Waals surface area contributed by atoms with E-state index in [1.54, 1.807) is 14.2 Å². The number of amides is 1. The van der Waals surface area contributed by atoms with Gasteiger partial charge in [-0.15, -0.1) is 0 Å². The lowest BCUT2D eigenvalue weighted by Gasteiger charge is -2.39. The van der Waals surface area contributed by atoms with E-state index in [1.165, 1.54) is 11.1 Å². The molecule has 3 atom stereocenters. The summed E-state index contributed by atoms with van der Waals surface area (Å²) in [6.45, 7) is 2.81. The van der Waals surface area contributed by atoms with Gasteiger partial charge in [0.15, 0.2) is 17.8 Å². The Labute approximate surface area is 298 Å². The van der Waals surface area contributed by atoms with Gasteiger partial charge >= 0.3 is 5.97 Å². The number of ether oxygens (including phenoxy) is 4. The van der Waals surface area contributed by atoms with Crippen molar-refractivity contribution in [1.82, 2.24) is 10.2 Å². The Morgan fingerprint density at radius 1 is 0.843 bits per heavy atom. The first-order valence-corrected chi connectivity index (χ1v) is 17.5. The number of carbonyl (C=O) groups is 2. The van der Waals surface area contributed by atoms with Gasteiger partial charge in [-0.3, -0.25) is 14.5 Å². The maximum Gasteiger partial charge on any atom is 0.303 e. The maximum absolute atomic E-state index is 12.2. The fourth-order valence-corrected chi connectivity index (χ4v) is 6.80. The molecule has 4 aromatic rings. The third-order valence-electron chi connectivity index (χ3n) is 9.60. The van der Waals surface area contributed by atoms with Gasteiger partial charge in [0.05, 0.1) is 33.0 Å². The average molecular weight is 695 g/mol. The first-order valence-electron chi connectivity index (χ1n) is 17.5. The lowest BCUT2D eigenvalue weighted by atomic mass is 9.96. The minimum absolute atomic E-state index is 0.00818. The number of hydrogen-bond acceptors (Lipinski definition) is 8. The normalized spacial score (nSPS) is 18.8. The van der Waals surface area contributed by atoms with Crippen molar-refractivity contribution in [2.75, 3.05) is 27.3 Å². The van der Waals surface area contributed by atoms with E-state index in [1.807, 2.05) is 60.7 Å². The largest absolute Gasteiger partial charge is 0.493 e. The van der Waals surface area contributed by atoms with Crippen LogP contribution in [0.25, 0.3) is 11.1 Å². The summed E-state index contributed by atoms with van der Waals surface area (Å²) in [5.41, 5.74) is 8.34. The van der Waals surface area contributed by atoms with E-state index in [0.29, 0.717) is 19.4 Å². The Bertz CT molecular complexity index is 1790. The van der Waals surface area contributed by atoms with Gasteiger partial charge in [-0.25, -0.2) is 0 Å². The van der Waals surface area contributed by atoms with Crippen LogP contribution in [0.2, 0.25) is 0 Å². The number of aliphatic hydroxyl groups excluding tert-OH is 1. The van der Waals surface area contributed by atoms with Crippen LogP contribution in [0.5, 0.6) is 11.5 Å². The Morgan fingerprint density at radius 3 is 2.27 bits per heavy atom. The van der Waals surface area contributed by atoms with Crippen LogP contribution in [0.1, 0.15) is 71.5 Å². The molecule has 0 bridgehead atoms. The van der Waals surface area contributed by atoms with Gasteiger partial charge in [-0.1, -0.05) is 66.7 Å². The summed E-state index contributed by atoms with van der Waals surface area (Å²) in [7, 11) is 3.33. The third-order valence-corrected chi connectivity index (χ3v) is 9.60. The highest BCUT2D eigenvalue weighted by atomic mass is 16.7. The van der Waals surface area contributed by atoms with E-state index in [2.05, 4.69) is 34.5 Å². The first kappa shape index (κ1) is 36.1. The molecule has 2 aliphatic heterocycles. The highest BCUT2D eigenvalue weighted by molar-refractivity contribution is 5.76. The van der Waals surface area contributed by atoms with Gasteiger partial charge in [0.1, 0.15) is 0 Å². The number of carboxylic acid groups (broad SMARTS) is 1. The summed E-state index contributed by atoms with van der Waals surface area (Å²) in [4.78, 5) is 25.3. The second kappa shape index (κ2) is 17.0. The molecule has 0 radical (unpaired) electrons. The first-order chi connectivity index (χ1) is 24.8. The lowest BCUT2D eigenvalue weighted by molar-refractivity contribution is -0.253. The highest BCUT2D eigenvalue weighted by Crippen LogP contribution is 2.40. The molecule has 0 spiro atoms. The van der Waals surface area contributed by atoms with Crippen molar-refractivity contribution in [3.05, 3.63) is 118 Å². The van der Waals surface area contributed by atoms with Crippen LogP contribution < -0.4 is 14.8 Å². The van der Waals surface area contributed by atoms with E-state index in [9.17, 15) is 14.7 Å². The van der Waals surface area contributed by atoms with E-state index in [0.717, 1.165) is 70.9 Å². The number of methoxy groups -OCH3 is 2. The molecule has 0 aliphatic carbocycles. The zero-order valence-corrected chi connectivity index (χ0v) is 29.2. The van der Waals surface area contributed by atoms with Crippen LogP contribution in [0.4, 0.5) is 0 Å². The molecule has 1 saturated heterocycles. The van der Waals surface area contributed by atoms with E-state index in [-0.39, 0.29) is 37.6 Å². The summed E-state index contributed by atoms with van der Waals surface area (Å²) in [6, 6.07) is 28.3. The molecule has 6 rings (SSSR count). The second-order valence-corrected chi connectivity index (χ2v) is 13.2. The highest BCUT2D eigenvalue weighted by Gasteiger charge is 2.34. The van der Waals surface area contributed by atoms with Crippen molar-refractivity contribution in [2.24, 2.45) is 0 Å². The average Bonchev–Trinajstić information content (AvgIpc) is 3.16. The van der Waals surface area contributed by atoms with E-state index >= 15 is 0 Å². The third kappa shape index (κ3) is 9.33. The van der Waals surface area contributed by atoms with Crippen LogP contribution in [0, 0.1) is 0 Å². The number of aliphatic carboxylic acids is 1. The molecule has 0 saturated carbocycles. The zero-order valence-electron chi connectivity index (χ0n) is 29.2. The maximum atomic E-state index is 12.2. The molecular weight excluding hydrogens is 648 g/mol. The standard InChI is InChI=1S/C41H46N2O8/c1-48-37-20-33-17-18-43(24-34(33)21-38(37)49-2)25-35-22-36(30-11-9-27(26-44)10-12-30)51-41(50-35)31-15-13-29(14-16-31)32-6-3-5-28(19-32)23-42-39(45)7-4-8-40(46)47/h3,5-6,9-16,19-21,35-36,41,44H,4,7-8,17-18,22-26H2,1-2H3,(H,42,45)(H,46,47). The van der Waals surface area contributed by atoms with Crippen molar-refractivity contribution in [3.8, 4) is 22.6 Å². The quantitative estimate of drug-likeness (QED) is 0.139. The number of benzene rings is 4. The van der Waals surface area contributed by atoms with Crippen molar-refractivity contribution in [1.29, 1.82) is 0 Å². The number of nitrogens with one attached hydrogen (secondary N) is 1. The molecule has 268 valence electrons. The number of fused-ring (bicyclic) bond motifs is 1. The zero-order chi connectivity index (χ0) is 35.7. The number of rotatable bonds is 14. The summed E-state index contributed by atoms with van der Waals surface area (Å²) >= 11 is 0. The van der Waals surface area contributed by atoms with E-state index < -0.39 is 12.3 Å². The molecule has 3 unspecified atom stereocenters. The fourth-order valence-electron chi connectivity index (χ4n) is 6.80. The van der Waals surface area contributed by atoms with Crippen LogP contribution in [0.15, 0.2) is 84.9 Å². The molecule has 10 nitrogen and oxygen atoms in total. The molecule has 2 heterocycles. The Morgan fingerprint density at radius 2 is 1.57 bits per heavy atom. The SMILES string of the molecule is COc1cc2c(cc1OC)CN(CC1CC(c3ccc(CO)cc3)OC(c3ccc(-c4cccc(CNC(=O)CCCC(=O)O)c4)cc3)O1)CC2. The van der Waals surface area contributed by atoms with Crippen molar-refractivity contribution >= 4 is 11.9 Å². The van der Waals surface area contributed by atoms with Crippen molar-refractivity contribution in [2.45, 2.75) is 70.3 Å². The number of aliphatic hydroxyl groups is 1. The number of carboxylic acids is 1. The van der Waals surface area contributed by atoms with Crippen molar-refractivity contribution < 1.29 is 38.7 Å². The molecule has 3 N–H and O–H groups in total. The molecule has 0 aromatic heterocycles. The van der Waals surface area contributed by atoms with Gasteiger partial charge in [0, 0.05) is 51.0 Å². The smallest absolute Gasteiger partial charge is 0.303 e. The van der Waals surface area contributed by atoms with Gasteiger partial charge in [0.25, 0.3) is 0 Å². The van der Waals surface area contributed by atoms with E-state index in [4.69, 9.17) is 24.1 Å². The molecule has 4 aromatic carbocycles. The number of hydrogen-bond donors (Lipinski definition) is 3. The van der Waals surface area contributed by atoms with Crippen LogP contribution in [0.3, 0.4) is 0 Å². The van der Waals surface area contributed by atoms with Gasteiger partial charge in [-0.05, 0) is 70.0 Å². The summed E-state index contributed by atoms with van der Waals surface area (Å²) in [6.07, 6.45) is 1.27. The molecule has 1 amide bonds. The number of nitrogens with zero attached hydrogens (tertiary/aromatic N) is 1. The monoisotopic (exact) mass is 694 g/mol. The molecule has 2 aliphatic rings. The molecule has 1 fully saturated rings. The van der Waals surface area contributed by atoms with Crippen LogP contribution >= 0.6 is 0 Å². The predicted octanol–water partition coefficient (Wildman–Crippen LogP) is 6.34. The summed E-state index contributed by atoms with van der Waals surface area (Å²) in [5.74, 6) is 0.428. The van der Waals surface area contributed by atoms with Gasteiger partial charge < -0.3 is 34.5 Å². The molecular formula is C41H46N2O8. The summed E-state index contributed by atoms with van der Waals surface area (Å²) in [5, 5.41) is 21.3. The number of carbonyl (C=O) groups excluding carboxylic acids is 1.